The van der Waals surface area contributed by atoms with Crippen LogP contribution in [0, 0.1) is 13.8 Å². The maximum absolute atomic E-state index is 5.90. The molecule has 0 bridgehead atoms. The number of nitrogens with zero attached hydrogens (tertiary/aromatic N) is 1. The molecule has 1 heterocycles. The van der Waals surface area contributed by atoms with Gasteiger partial charge in [-0.1, -0.05) is 0 Å². The predicted octanol–water partition coefficient (Wildman–Crippen LogP) is 3.24. The van der Waals surface area contributed by atoms with E-state index in [0.717, 1.165) is 16.8 Å². The lowest BCUT2D eigenvalue weighted by Gasteiger charge is -2.13. The summed E-state index contributed by atoms with van der Waals surface area (Å²) >= 11 is 5.90. The molecule has 0 fully saturated rings. The number of aromatic nitrogens is 1. The molecule has 1 aromatic heterocycles. The Labute approximate surface area is 108 Å². The smallest absolute Gasteiger partial charge is 0.218 e. The Morgan fingerprint density at radius 2 is 2.00 bits per heavy atom. The van der Waals surface area contributed by atoms with E-state index in [1.807, 2.05) is 33.8 Å². The predicted molar refractivity (Wildman–Crippen MR) is 69.9 cm³/mol. The third-order valence-corrected chi connectivity index (χ3v) is 2.61. The molecule has 0 saturated carbocycles. The maximum atomic E-state index is 5.90. The van der Waals surface area contributed by atoms with Crippen molar-refractivity contribution in [3.63, 3.8) is 0 Å². The van der Waals surface area contributed by atoms with E-state index < -0.39 is 0 Å². The van der Waals surface area contributed by atoms with Crippen LogP contribution in [0.3, 0.4) is 0 Å². The van der Waals surface area contributed by atoms with E-state index in [4.69, 9.17) is 21.1 Å². The molecular formula is C13H20ClNO2. The van der Waals surface area contributed by atoms with Gasteiger partial charge in [-0.25, -0.2) is 4.98 Å². The van der Waals surface area contributed by atoms with Crippen LogP contribution in [0.2, 0.25) is 0 Å². The SMILES string of the molecule is Cc1cc(C)c(CCl)c(OCCOC(C)C)n1. The first kappa shape index (κ1) is 14.3. The van der Waals surface area contributed by atoms with Crippen LogP contribution < -0.4 is 4.74 Å². The van der Waals surface area contributed by atoms with Crippen LogP contribution in [0.4, 0.5) is 0 Å². The fourth-order valence-corrected chi connectivity index (χ4v) is 1.86. The van der Waals surface area contributed by atoms with Gasteiger partial charge >= 0.3 is 0 Å². The highest BCUT2D eigenvalue weighted by Gasteiger charge is 2.09. The molecule has 17 heavy (non-hydrogen) atoms. The van der Waals surface area contributed by atoms with Gasteiger partial charge in [-0.15, -0.1) is 11.6 Å². The standard InChI is InChI=1S/C13H20ClNO2/c1-9(2)16-5-6-17-13-12(8-14)10(3)7-11(4)15-13/h7,9H,5-6,8H2,1-4H3. The van der Waals surface area contributed by atoms with E-state index in [2.05, 4.69) is 4.98 Å². The van der Waals surface area contributed by atoms with Gasteiger partial charge < -0.3 is 9.47 Å². The fraction of sp³-hybridized carbons (Fsp3) is 0.615. The minimum absolute atomic E-state index is 0.221. The summed E-state index contributed by atoms with van der Waals surface area (Å²) in [6, 6.07) is 2.01. The van der Waals surface area contributed by atoms with E-state index in [1.165, 1.54) is 0 Å². The van der Waals surface area contributed by atoms with Gasteiger partial charge in [-0.2, -0.15) is 0 Å². The molecule has 0 spiro atoms. The number of aryl methyl sites for hydroxylation is 2. The van der Waals surface area contributed by atoms with Crippen LogP contribution in [0.25, 0.3) is 0 Å². The van der Waals surface area contributed by atoms with Gasteiger partial charge in [0.15, 0.2) is 0 Å². The van der Waals surface area contributed by atoms with Crippen molar-refractivity contribution in [3.05, 3.63) is 22.9 Å². The van der Waals surface area contributed by atoms with Crippen LogP contribution in [0.5, 0.6) is 5.88 Å². The molecule has 0 aliphatic heterocycles. The lowest BCUT2D eigenvalue weighted by Crippen LogP contribution is -2.13. The molecule has 0 N–H and O–H groups in total. The van der Waals surface area contributed by atoms with Crippen molar-refractivity contribution in [1.29, 1.82) is 0 Å². The number of ether oxygens (including phenoxy) is 2. The minimum atomic E-state index is 0.221. The first-order valence-electron chi connectivity index (χ1n) is 5.82. The molecule has 0 atom stereocenters. The van der Waals surface area contributed by atoms with Crippen LogP contribution in [0.15, 0.2) is 6.07 Å². The number of hydrogen-bond acceptors (Lipinski definition) is 3. The quantitative estimate of drug-likeness (QED) is 0.579. The largest absolute Gasteiger partial charge is 0.475 e. The van der Waals surface area contributed by atoms with Crippen LogP contribution in [0.1, 0.15) is 30.7 Å². The van der Waals surface area contributed by atoms with Crippen molar-refractivity contribution in [2.24, 2.45) is 0 Å². The zero-order valence-electron chi connectivity index (χ0n) is 10.9. The van der Waals surface area contributed by atoms with E-state index in [0.29, 0.717) is 25.0 Å². The average Bonchev–Trinajstić information content (AvgIpc) is 2.23. The molecule has 1 aromatic rings. The Hall–Kier alpha value is -0.800. The van der Waals surface area contributed by atoms with Crippen LogP contribution in [-0.4, -0.2) is 24.3 Å². The highest BCUT2D eigenvalue weighted by molar-refractivity contribution is 6.17. The molecule has 0 amide bonds. The fourth-order valence-electron chi connectivity index (χ4n) is 1.53. The van der Waals surface area contributed by atoms with E-state index in [9.17, 15) is 0 Å². The second kappa shape index (κ2) is 6.82. The van der Waals surface area contributed by atoms with Crippen molar-refractivity contribution in [3.8, 4) is 5.88 Å². The first-order chi connectivity index (χ1) is 8.04. The lowest BCUT2D eigenvalue weighted by molar-refractivity contribution is 0.0540. The monoisotopic (exact) mass is 257 g/mol. The molecule has 0 saturated heterocycles. The second-order valence-corrected chi connectivity index (χ2v) is 4.53. The number of alkyl halides is 1. The topological polar surface area (TPSA) is 31.4 Å². The minimum Gasteiger partial charge on any atom is -0.475 e. The summed E-state index contributed by atoms with van der Waals surface area (Å²) in [5, 5.41) is 0. The van der Waals surface area contributed by atoms with Gasteiger partial charge in [0.2, 0.25) is 5.88 Å². The summed E-state index contributed by atoms with van der Waals surface area (Å²) in [6.45, 7) is 9.02. The Morgan fingerprint density at radius 3 is 2.59 bits per heavy atom. The lowest BCUT2D eigenvalue weighted by atomic mass is 10.1. The van der Waals surface area contributed by atoms with Crippen molar-refractivity contribution in [2.75, 3.05) is 13.2 Å². The number of hydrogen-bond donors (Lipinski definition) is 0. The van der Waals surface area contributed by atoms with E-state index in [1.54, 1.807) is 0 Å². The average molecular weight is 258 g/mol. The highest BCUT2D eigenvalue weighted by atomic mass is 35.5. The molecular weight excluding hydrogens is 238 g/mol. The van der Waals surface area contributed by atoms with Crippen molar-refractivity contribution in [1.82, 2.24) is 4.98 Å². The summed E-state index contributed by atoms with van der Waals surface area (Å²) in [5.74, 6) is 1.05. The Morgan fingerprint density at radius 1 is 1.29 bits per heavy atom. The molecule has 0 aromatic carbocycles. The van der Waals surface area contributed by atoms with Gasteiger partial charge in [0.1, 0.15) is 6.61 Å². The van der Waals surface area contributed by atoms with E-state index >= 15 is 0 Å². The Balaban J connectivity index is 2.63. The third kappa shape index (κ3) is 4.52. The normalized spacial score (nSPS) is 10.9. The second-order valence-electron chi connectivity index (χ2n) is 4.27. The van der Waals surface area contributed by atoms with Gasteiger partial charge in [0, 0.05) is 11.3 Å². The number of halogens is 1. The van der Waals surface area contributed by atoms with Gasteiger partial charge in [0.25, 0.3) is 0 Å². The number of pyridine rings is 1. The van der Waals surface area contributed by atoms with Crippen molar-refractivity contribution < 1.29 is 9.47 Å². The van der Waals surface area contributed by atoms with Crippen molar-refractivity contribution in [2.45, 2.75) is 39.7 Å². The van der Waals surface area contributed by atoms with Crippen LogP contribution in [-0.2, 0) is 10.6 Å². The summed E-state index contributed by atoms with van der Waals surface area (Å²) in [6.07, 6.45) is 0.221. The van der Waals surface area contributed by atoms with Gasteiger partial charge in [-0.3, -0.25) is 0 Å². The molecule has 0 aliphatic carbocycles. The number of rotatable bonds is 6. The highest BCUT2D eigenvalue weighted by Crippen LogP contribution is 2.22. The first-order valence-corrected chi connectivity index (χ1v) is 6.35. The summed E-state index contributed by atoms with van der Waals surface area (Å²) in [5.41, 5.74) is 3.02. The summed E-state index contributed by atoms with van der Waals surface area (Å²) in [7, 11) is 0. The Kier molecular flexibility index (Phi) is 5.72. The van der Waals surface area contributed by atoms with Crippen LogP contribution >= 0.6 is 11.6 Å². The molecule has 4 heteroatoms. The third-order valence-electron chi connectivity index (χ3n) is 2.34. The Bertz CT molecular complexity index is 367. The summed E-state index contributed by atoms with van der Waals surface area (Å²) < 4.78 is 11.0. The maximum Gasteiger partial charge on any atom is 0.218 e. The molecule has 0 radical (unpaired) electrons. The molecule has 3 nitrogen and oxygen atoms in total. The molecule has 0 unspecified atom stereocenters. The molecule has 96 valence electrons. The molecule has 0 aliphatic rings. The zero-order valence-corrected chi connectivity index (χ0v) is 11.7. The van der Waals surface area contributed by atoms with Crippen molar-refractivity contribution >= 4 is 11.6 Å². The van der Waals surface area contributed by atoms with Gasteiger partial charge in [0.05, 0.1) is 18.6 Å². The van der Waals surface area contributed by atoms with E-state index in [-0.39, 0.29) is 6.10 Å². The summed E-state index contributed by atoms with van der Waals surface area (Å²) in [4.78, 5) is 4.36. The zero-order chi connectivity index (χ0) is 12.8. The van der Waals surface area contributed by atoms with Gasteiger partial charge in [-0.05, 0) is 39.3 Å². The molecule has 1 rings (SSSR count).